The van der Waals surface area contributed by atoms with Crippen molar-refractivity contribution in [3.63, 3.8) is 0 Å². The van der Waals surface area contributed by atoms with E-state index in [1.54, 1.807) is 0 Å². The number of nitrogens with one attached hydrogen (secondary N) is 1. The average molecular weight is 489 g/mol. The molecule has 0 heterocycles. The second-order valence-corrected chi connectivity index (χ2v) is 9.60. The van der Waals surface area contributed by atoms with Gasteiger partial charge in [0.25, 0.3) is 0 Å². The normalized spacial score (nSPS) is 10.8. The summed E-state index contributed by atoms with van der Waals surface area (Å²) < 4.78 is 0. The summed E-state index contributed by atoms with van der Waals surface area (Å²) in [5.41, 5.74) is 10.9. The third-order valence-corrected chi connectivity index (χ3v) is 6.69. The summed E-state index contributed by atoms with van der Waals surface area (Å²) >= 11 is 7.11. The van der Waals surface area contributed by atoms with Gasteiger partial charge >= 0.3 is 0 Å². The summed E-state index contributed by atoms with van der Waals surface area (Å²) in [5, 5.41) is 4.19. The largest absolute Gasteiger partial charge is 0.354 e. The van der Waals surface area contributed by atoms with Gasteiger partial charge < -0.3 is 10.2 Å². The van der Waals surface area contributed by atoms with E-state index in [1.165, 1.54) is 22.3 Å². The average Bonchev–Trinajstić information content (AvgIpc) is 2.90. The molecule has 0 bridgehead atoms. The quantitative estimate of drug-likeness (QED) is 0.255. The van der Waals surface area contributed by atoms with E-state index in [2.05, 4.69) is 140 Å². The molecule has 3 heteroatoms. The third kappa shape index (κ3) is 5.15. The van der Waals surface area contributed by atoms with Crippen LogP contribution in [0.1, 0.15) is 16.7 Å². The van der Waals surface area contributed by atoms with Crippen molar-refractivity contribution >= 4 is 40.0 Å². The Bertz CT molecular complexity index is 1460. The standard InChI is InChI=1S/C33H29ClN2/c1-23-9-15-28(16-10-23)35-31-21-25(3)22-32(33(31)34)36(29-17-11-24(2)12-18-29)30-19-13-27(14-20-30)26-7-5-4-6-8-26/h4-22,35H,1-3H3. The molecule has 0 saturated carbocycles. The zero-order valence-corrected chi connectivity index (χ0v) is 21.6. The predicted molar refractivity (Wildman–Crippen MR) is 156 cm³/mol. The van der Waals surface area contributed by atoms with Crippen LogP contribution >= 0.6 is 11.6 Å². The lowest BCUT2D eigenvalue weighted by molar-refractivity contribution is 1.26. The highest BCUT2D eigenvalue weighted by molar-refractivity contribution is 6.36. The zero-order chi connectivity index (χ0) is 25.1. The maximum absolute atomic E-state index is 7.11. The monoisotopic (exact) mass is 488 g/mol. The summed E-state index contributed by atoms with van der Waals surface area (Å²) in [6.45, 7) is 6.29. The molecule has 0 aromatic heterocycles. The maximum atomic E-state index is 7.11. The fraction of sp³-hybridized carbons (Fsp3) is 0.0909. The van der Waals surface area contributed by atoms with Gasteiger partial charge in [-0.3, -0.25) is 0 Å². The molecule has 0 amide bonds. The zero-order valence-electron chi connectivity index (χ0n) is 20.8. The van der Waals surface area contributed by atoms with Crippen LogP contribution in [0.25, 0.3) is 11.1 Å². The highest BCUT2D eigenvalue weighted by Gasteiger charge is 2.19. The Morgan fingerprint density at radius 3 is 1.69 bits per heavy atom. The van der Waals surface area contributed by atoms with E-state index in [4.69, 9.17) is 11.6 Å². The fourth-order valence-corrected chi connectivity index (χ4v) is 4.59. The summed E-state index contributed by atoms with van der Waals surface area (Å²) in [5.74, 6) is 0. The number of anilines is 5. The second-order valence-electron chi connectivity index (χ2n) is 9.22. The molecule has 0 aliphatic heterocycles. The molecule has 0 fully saturated rings. The third-order valence-electron chi connectivity index (χ3n) is 6.29. The van der Waals surface area contributed by atoms with Gasteiger partial charge in [-0.15, -0.1) is 0 Å². The van der Waals surface area contributed by atoms with Crippen LogP contribution in [0, 0.1) is 20.8 Å². The lowest BCUT2D eigenvalue weighted by Gasteiger charge is -2.28. The van der Waals surface area contributed by atoms with Crippen molar-refractivity contribution in [1.29, 1.82) is 0 Å². The Kier molecular flexibility index (Phi) is 6.79. The van der Waals surface area contributed by atoms with E-state index in [0.717, 1.165) is 34.0 Å². The number of benzene rings is 5. The van der Waals surface area contributed by atoms with E-state index in [-0.39, 0.29) is 0 Å². The molecule has 178 valence electrons. The van der Waals surface area contributed by atoms with Crippen LogP contribution < -0.4 is 10.2 Å². The van der Waals surface area contributed by atoms with E-state index >= 15 is 0 Å². The van der Waals surface area contributed by atoms with Gasteiger partial charge in [0.1, 0.15) is 0 Å². The van der Waals surface area contributed by atoms with Crippen molar-refractivity contribution in [3.05, 3.63) is 137 Å². The topological polar surface area (TPSA) is 15.3 Å². The van der Waals surface area contributed by atoms with Gasteiger partial charge in [-0.2, -0.15) is 0 Å². The minimum Gasteiger partial charge on any atom is -0.354 e. The molecule has 5 aromatic rings. The molecule has 1 N–H and O–H groups in total. The number of nitrogens with zero attached hydrogens (tertiary/aromatic N) is 1. The first-order valence-electron chi connectivity index (χ1n) is 12.1. The van der Waals surface area contributed by atoms with Gasteiger partial charge in [-0.05, 0) is 86.0 Å². The Morgan fingerprint density at radius 1 is 0.556 bits per heavy atom. The van der Waals surface area contributed by atoms with Crippen molar-refractivity contribution in [2.24, 2.45) is 0 Å². The first-order valence-corrected chi connectivity index (χ1v) is 12.5. The first-order chi connectivity index (χ1) is 17.5. The number of hydrogen-bond donors (Lipinski definition) is 1. The molecule has 0 unspecified atom stereocenters. The Labute approximate surface area is 218 Å². The van der Waals surface area contributed by atoms with Gasteiger partial charge in [0, 0.05) is 17.1 Å². The molecule has 2 nitrogen and oxygen atoms in total. The predicted octanol–water partition coefficient (Wildman–Crippen LogP) is 10.1. The fourth-order valence-electron chi connectivity index (χ4n) is 4.35. The van der Waals surface area contributed by atoms with Crippen molar-refractivity contribution in [2.75, 3.05) is 10.2 Å². The van der Waals surface area contributed by atoms with Crippen molar-refractivity contribution in [2.45, 2.75) is 20.8 Å². The van der Waals surface area contributed by atoms with Crippen molar-refractivity contribution in [1.82, 2.24) is 0 Å². The van der Waals surface area contributed by atoms with Crippen LogP contribution in [0.15, 0.2) is 115 Å². The highest BCUT2D eigenvalue weighted by atomic mass is 35.5. The van der Waals surface area contributed by atoms with Crippen LogP contribution in [0.3, 0.4) is 0 Å². The van der Waals surface area contributed by atoms with Gasteiger partial charge in [-0.1, -0.05) is 89.5 Å². The molecule has 0 spiro atoms. The van der Waals surface area contributed by atoms with Crippen LogP contribution in [0.2, 0.25) is 5.02 Å². The highest BCUT2D eigenvalue weighted by Crippen LogP contribution is 2.43. The molecule has 5 rings (SSSR count). The van der Waals surface area contributed by atoms with Crippen LogP contribution in [0.4, 0.5) is 28.4 Å². The first kappa shape index (κ1) is 23.7. The molecular weight excluding hydrogens is 460 g/mol. The van der Waals surface area contributed by atoms with E-state index in [0.29, 0.717) is 5.02 Å². The lowest BCUT2D eigenvalue weighted by Crippen LogP contribution is -2.11. The molecule has 36 heavy (non-hydrogen) atoms. The molecule has 0 aliphatic rings. The molecule has 0 atom stereocenters. The van der Waals surface area contributed by atoms with E-state index < -0.39 is 0 Å². The Balaban J connectivity index is 1.60. The number of hydrogen-bond acceptors (Lipinski definition) is 2. The second kappa shape index (κ2) is 10.3. The van der Waals surface area contributed by atoms with Gasteiger partial charge in [-0.25, -0.2) is 0 Å². The van der Waals surface area contributed by atoms with E-state index in [1.807, 2.05) is 6.07 Å². The van der Waals surface area contributed by atoms with Crippen LogP contribution in [-0.4, -0.2) is 0 Å². The number of rotatable bonds is 6. The lowest BCUT2D eigenvalue weighted by atomic mass is 10.0. The summed E-state index contributed by atoms with van der Waals surface area (Å²) in [6.07, 6.45) is 0. The molecule has 5 aromatic carbocycles. The molecular formula is C33H29ClN2. The van der Waals surface area contributed by atoms with Crippen molar-refractivity contribution in [3.8, 4) is 11.1 Å². The van der Waals surface area contributed by atoms with Crippen molar-refractivity contribution < 1.29 is 0 Å². The number of aryl methyl sites for hydroxylation is 3. The maximum Gasteiger partial charge on any atom is 0.0881 e. The smallest absolute Gasteiger partial charge is 0.0881 e. The van der Waals surface area contributed by atoms with Gasteiger partial charge in [0.2, 0.25) is 0 Å². The van der Waals surface area contributed by atoms with E-state index in [9.17, 15) is 0 Å². The summed E-state index contributed by atoms with van der Waals surface area (Å²) in [7, 11) is 0. The van der Waals surface area contributed by atoms with Gasteiger partial charge in [0.05, 0.1) is 16.4 Å². The SMILES string of the molecule is Cc1ccc(Nc2cc(C)cc(N(c3ccc(C)cc3)c3ccc(-c4ccccc4)cc3)c2Cl)cc1. The molecule has 0 aliphatic carbocycles. The molecule has 0 saturated heterocycles. The molecule has 0 radical (unpaired) electrons. The minimum atomic E-state index is 0.675. The summed E-state index contributed by atoms with van der Waals surface area (Å²) in [4.78, 5) is 2.23. The number of halogens is 1. The Morgan fingerprint density at radius 2 is 1.08 bits per heavy atom. The summed E-state index contributed by atoms with van der Waals surface area (Å²) in [6, 6.07) is 40.2. The van der Waals surface area contributed by atoms with Crippen LogP contribution in [0.5, 0.6) is 0 Å². The minimum absolute atomic E-state index is 0.675. The van der Waals surface area contributed by atoms with Gasteiger partial charge in [0.15, 0.2) is 0 Å². The van der Waals surface area contributed by atoms with Crippen LogP contribution in [-0.2, 0) is 0 Å². The Hall–Kier alpha value is -4.01.